The summed E-state index contributed by atoms with van der Waals surface area (Å²) in [4.78, 5) is 14.6. The average Bonchev–Trinajstić information content (AvgIpc) is 3.07. The fourth-order valence-electron chi connectivity index (χ4n) is 2.55. The molecule has 0 aliphatic carbocycles. The molecule has 5 nitrogen and oxygen atoms in total. The Bertz CT molecular complexity index is 648. The van der Waals surface area contributed by atoms with Gasteiger partial charge in [-0.1, -0.05) is 38.1 Å². The summed E-state index contributed by atoms with van der Waals surface area (Å²) >= 11 is 0. The second-order valence-corrected chi connectivity index (χ2v) is 5.61. The van der Waals surface area contributed by atoms with Crippen LogP contribution in [0.1, 0.15) is 41.3 Å². The van der Waals surface area contributed by atoms with E-state index in [-0.39, 0.29) is 5.91 Å². The average molecular weight is 330 g/mol. The van der Waals surface area contributed by atoms with E-state index < -0.39 is 0 Å². The number of nitrogens with one attached hydrogen (secondary N) is 1. The molecule has 0 saturated heterocycles. The van der Waals surface area contributed by atoms with Gasteiger partial charge < -0.3 is 14.5 Å². The quantitative estimate of drug-likeness (QED) is 0.767. The van der Waals surface area contributed by atoms with E-state index in [1.54, 1.807) is 19.2 Å². The van der Waals surface area contributed by atoms with Crippen molar-refractivity contribution >= 4 is 5.91 Å². The van der Waals surface area contributed by atoms with Crippen LogP contribution in [0, 0.1) is 0 Å². The van der Waals surface area contributed by atoms with E-state index in [0.29, 0.717) is 24.7 Å². The van der Waals surface area contributed by atoms with Crippen LogP contribution in [0.15, 0.2) is 40.8 Å². The van der Waals surface area contributed by atoms with E-state index in [1.165, 1.54) is 5.56 Å². The first-order valence-electron chi connectivity index (χ1n) is 8.32. The first-order chi connectivity index (χ1) is 11.7. The first kappa shape index (κ1) is 18.2. The van der Waals surface area contributed by atoms with Crippen molar-refractivity contribution in [3.63, 3.8) is 0 Å². The number of nitrogens with zero attached hydrogens (tertiary/aromatic N) is 1. The van der Waals surface area contributed by atoms with Gasteiger partial charge in [-0.2, -0.15) is 0 Å². The molecule has 0 radical (unpaired) electrons. The highest BCUT2D eigenvalue weighted by Crippen LogP contribution is 2.13. The van der Waals surface area contributed by atoms with Crippen molar-refractivity contribution in [2.24, 2.45) is 0 Å². The summed E-state index contributed by atoms with van der Waals surface area (Å²) < 4.78 is 10.5. The number of amides is 1. The van der Waals surface area contributed by atoms with Gasteiger partial charge in [-0.05, 0) is 36.3 Å². The fraction of sp³-hybridized carbons (Fsp3) is 0.421. The van der Waals surface area contributed by atoms with E-state index in [0.717, 1.165) is 25.2 Å². The number of hydrogen-bond donors (Lipinski definition) is 1. The molecule has 24 heavy (non-hydrogen) atoms. The molecule has 1 N–H and O–H groups in total. The molecule has 130 valence electrons. The number of furan rings is 1. The van der Waals surface area contributed by atoms with E-state index in [4.69, 9.17) is 9.15 Å². The second-order valence-electron chi connectivity index (χ2n) is 5.61. The van der Waals surface area contributed by atoms with Gasteiger partial charge in [0.1, 0.15) is 12.4 Å². The minimum absolute atomic E-state index is 0.213. The molecule has 5 heteroatoms. The Hall–Kier alpha value is -2.11. The van der Waals surface area contributed by atoms with Crippen molar-refractivity contribution in [1.29, 1.82) is 0 Å². The van der Waals surface area contributed by atoms with Crippen molar-refractivity contribution in [3.8, 4) is 0 Å². The van der Waals surface area contributed by atoms with Gasteiger partial charge in [0.05, 0.1) is 0 Å². The smallest absolute Gasteiger partial charge is 0.287 e. The van der Waals surface area contributed by atoms with Crippen LogP contribution in [-0.2, 0) is 24.4 Å². The lowest BCUT2D eigenvalue weighted by molar-refractivity contribution is 0.0914. The first-order valence-corrected chi connectivity index (χ1v) is 8.32. The lowest BCUT2D eigenvalue weighted by atomic mass is 10.1. The molecule has 0 fully saturated rings. The Kier molecular flexibility index (Phi) is 7.03. The summed E-state index contributed by atoms with van der Waals surface area (Å²) in [6, 6.07) is 11.6. The Morgan fingerprint density at radius 3 is 2.50 bits per heavy atom. The van der Waals surface area contributed by atoms with Crippen molar-refractivity contribution in [2.45, 2.75) is 33.5 Å². The Labute approximate surface area is 143 Å². The lowest BCUT2D eigenvalue weighted by Gasteiger charge is -2.20. The van der Waals surface area contributed by atoms with Crippen LogP contribution in [0.3, 0.4) is 0 Å². The summed E-state index contributed by atoms with van der Waals surface area (Å²) in [5.74, 6) is 0.739. The fourth-order valence-corrected chi connectivity index (χ4v) is 2.55. The van der Waals surface area contributed by atoms with Crippen LogP contribution in [0.25, 0.3) is 0 Å². The number of hydrogen-bond acceptors (Lipinski definition) is 4. The molecular formula is C19H26N2O3. The zero-order valence-corrected chi connectivity index (χ0v) is 14.7. The van der Waals surface area contributed by atoms with Crippen LogP contribution in [-0.4, -0.2) is 31.0 Å². The van der Waals surface area contributed by atoms with Crippen molar-refractivity contribution < 1.29 is 13.9 Å². The maximum atomic E-state index is 12.2. The van der Waals surface area contributed by atoms with Crippen molar-refractivity contribution in [2.75, 3.05) is 20.2 Å². The molecule has 0 saturated carbocycles. The van der Waals surface area contributed by atoms with Gasteiger partial charge in [0.15, 0.2) is 5.76 Å². The van der Waals surface area contributed by atoms with Crippen molar-refractivity contribution in [3.05, 3.63) is 59.0 Å². The van der Waals surface area contributed by atoms with Gasteiger partial charge >= 0.3 is 0 Å². The molecule has 1 heterocycles. The molecule has 1 amide bonds. The summed E-state index contributed by atoms with van der Waals surface area (Å²) in [5, 5.41) is 2.93. The minimum atomic E-state index is -0.213. The Morgan fingerprint density at radius 2 is 1.83 bits per heavy atom. The molecule has 0 atom stereocenters. The maximum Gasteiger partial charge on any atom is 0.287 e. The molecule has 2 aromatic rings. The standard InChI is InChI=1S/C19H26N2O3/c1-4-21(5-2)13-16-9-7-6-8-15(16)12-20-19(22)18-11-10-17(24-18)14-23-3/h6-11H,4-5,12-14H2,1-3H3,(H,20,22). The SMILES string of the molecule is CCN(CC)Cc1ccccc1CNC(=O)c1ccc(COC)o1. The van der Waals surface area contributed by atoms with Crippen LogP contribution < -0.4 is 5.32 Å². The number of rotatable bonds is 9. The third kappa shape index (κ3) is 4.94. The van der Waals surface area contributed by atoms with E-state index >= 15 is 0 Å². The van der Waals surface area contributed by atoms with Gasteiger partial charge in [0, 0.05) is 20.2 Å². The van der Waals surface area contributed by atoms with E-state index in [9.17, 15) is 4.79 Å². The molecule has 0 aliphatic heterocycles. The van der Waals surface area contributed by atoms with E-state index in [1.807, 2.05) is 12.1 Å². The lowest BCUT2D eigenvalue weighted by Crippen LogP contribution is -2.25. The summed E-state index contributed by atoms with van der Waals surface area (Å²) in [6.07, 6.45) is 0. The van der Waals surface area contributed by atoms with Crippen LogP contribution in [0.4, 0.5) is 0 Å². The maximum absolute atomic E-state index is 12.2. The molecule has 1 aromatic carbocycles. The van der Waals surface area contributed by atoms with Crippen molar-refractivity contribution in [1.82, 2.24) is 10.2 Å². The van der Waals surface area contributed by atoms with Gasteiger partial charge in [0.25, 0.3) is 5.91 Å². The number of methoxy groups -OCH3 is 1. The molecule has 0 spiro atoms. The number of carbonyl (C=O) groups excluding carboxylic acids is 1. The summed E-state index contributed by atoms with van der Waals surface area (Å²) in [5.41, 5.74) is 2.36. The monoisotopic (exact) mass is 330 g/mol. The van der Waals surface area contributed by atoms with Crippen LogP contribution >= 0.6 is 0 Å². The highest BCUT2D eigenvalue weighted by molar-refractivity contribution is 5.91. The normalized spacial score (nSPS) is 11.0. The summed E-state index contributed by atoms with van der Waals surface area (Å²) in [6.45, 7) is 8.05. The van der Waals surface area contributed by atoms with Crippen LogP contribution in [0.2, 0.25) is 0 Å². The number of ether oxygens (including phenoxy) is 1. The highest BCUT2D eigenvalue weighted by Gasteiger charge is 2.12. The van der Waals surface area contributed by atoms with Gasteiger partial charge in [-0.3, -0.25) is 9.69 Å². The molecule has 2 rings (SSSR count). The Morgan fingerprint density at radius 1 is 1.12 bits per heavy atom. The van der Waals surface area contributed by atoms with E-state index in [2.05, 4.69) is 36.2 Å². The molecule has 0 aliphatic rings. The third-order valence-electron chi connectivity index (χ3n) is 4.02. The molecular weight excluding hydrogens is 304 g/mol. The number of benzene rings is 1. The van der Waals surface area contributed by atoms with Gasteiger partial charge in [-0.15, -0.1) is 0 Å². The predicted molar refractivity (Wildman–Crippen MR) is 93.7 cm³/mol. The second kappa shape index (κ2) is 9.25. The Balaban J connectivity index is 1.99. The predicted octanol–water partition coefficient (Wildman–Crippen LogP) is 3.20. The zero-order valence-electron chi connectivity index (χ0n) is 14.7. The molecule has 0 bridgehead atoms. The minimum Gasteiger partial charge on any atom is -0.453 e. The molecule has 1 aromatic heterocycles. The van der Waals surface area contributed by atoms with Gasteiger partial charge in [0.2, 0.25) is 0 Å². The van der Waals surface area contributed by atoms with Gasteiger partial charge in [-0.25, -0.2) is 0 Å². The molecule has 0 unspecified atom stereocenters. The highest BCUT2D eigenvalue weighted by atomic mass is 16.5. The topological polar surface area (TPSA) is 54.7 Å². The zero-order chi connectivity index (χ0) is 17.4. The number of carbonyl (C=O) groups is 1. The third-order valence-corrected chi connectivity index (χ3v) is 4.02. The van der Waals surface area contributed by atoms with Crippen LogP contribution in [0.5, 0.6) is 0 Å². The largest absolute Gasteiger partial charge is 0.453 e. The summed E-state index contributed by atoms with van der Waals surface area (Å²) in [7, 11) is 1.59.